The van der Waals surface area contributed by atoms with Crippen molar-refractivity contribution in [3.05, 3.63) is 30.1 Å². The fourth-order valence-electron chi connectivity index (χ4n) is 1.99. The van der Waals surface area contributed by atoms with Crippen molar-refractivity contribution in [3.8, 4) is 11.5 Å². The van der Waals surface area contributed by atoms with Crippen LogP contribution in [0.15, 0.2) is 24.4 Å². The molecule has 6 nitrogen and oxygen atoms in total. The van der Waals surface area contributed by atoms with Gasteiger partial charge in [0.05, 0.1) is 31.3 Å². The van der Waals surface area contributed by atoms with Crippen LogP contribution in [0.4, 0.5) is 11.4 Å². The highest BCUT2D eigenvalue weighted by atomic mass is 32.1. The Morgan fingerprint density at radius 3 is 2.55 bits per heavy atom. The number of methoxy groups -OCH3 is 2. The molecule has 0 saturated heterocycles. The van der Waals surface area contributed by atoms with Crippen LogP contribution in [0.1, 0.15) is 12.6 Å². The first-order valence-electron chi connectivity index (χ1n) is 6.91. The molecule has 0 saturated carbocycles. The van der Waals surface area contributed by atoms with E-state index in [2.05, 4.69) is 15.7 Å². The summed E-state index contributed by atoms with van der Waals surface area (Å²) in [6, 6.07) is 5.48. The summed E-state index contributed by atoms with van der Waals surface area (Å²) in [6.07, 6.45) is 1.92. The van der Waals surface area contributed by atoms with E-state index in [0.29, 0.717) is 10.9 Å². The Bertz CT molecular complexity index is 670. The van der Waals surface area contributed by atoms with Crippen LogP contribution >= 0.6 is 12.2 Å². The van der Waals surface area contributed by atoms with E-state index in [9.17, 15) is 0 Å². The third kappa shape index (κ3) is 3.67. The number of aryl methyl sites for hydroxylation is 2. The maximum atomic E-state index is 5.35. The van der Waals surface area contributed by atoms with Gasteiger partial charge in [-0.2, -0.15) is 5.10 Å². The number of anilines is 2. The molecule has 1 heterocycles. The summed E-state index contributed by atoms with van der Waals surface area (Å²) in [4.78, 5) is 0. The molecule has 7 heteroatoms. The molecule has 0 aliphatic heterocycles. The highest BCUT2D eigenvalue weighted by Crippen LogP contribution is 2.29. The third-order valence-electron chi connectivity index (χ3n) is 3.17. The first-order chi connectivity index (χ1) is 10.6. The minimum Gasteiger partial charge on any atom is -0.497 e. The van der Waals surface area contributed by atoms with E-state index in [0.717, 1.165) is 29.4 Å². The largest absolute Gasteiger partial charge is 0.497 e. The third-order valence-corrected chi connectivity index (χ3v) is 3.38. The van der Waals surface area contributed by atoms with Crippen molar-refractivity contribution in [2.75, 3.05) is 24.9 Å². The Labute approximate surface area is 135 Å². The molecule has 1 aromatic heterocycles. The second-order valence-electron chi connectivity index (χ2n) is 4.63. The number of ether oxygens (including phenoxy) is 2. The summed E-state index contributed by atoms with van der Waals surface area (Å²) in [7, 11) is 3.23. The Morgan fingerprint density at radius 2 is 1.95 bits per heavy atom. The topological polar surface area (TPSA) is 60.3 Å². The van der Waals surface area contributed by atoms with Gasteiger partial charge in [0, 0.05) is 18.8 Å². The van der Waals surface area contributed by atoms with Crippen LogP contribution in [-0.2, 0) is 6.54 Å². The zero-order valence-corrected chi connectivity index (χ0v) is 14.0. The van der Waals surface area contributed by atoms with Gasteiger partial charge in [-0.3, -0.25) is 4.68 Å². The van der Waals surface area contributed by atoms with Gasteiger partial charge in [0.2, 0.25) is 0 Å². The molecule has 0 spiro atoms. The van der Waals surface area contributed by atoms with Gasteiger partial charge in [-0.1, -0.05) is 0 Å². The van der Waals surface area contributed by atoms with E-state index in [1.54, 1.807) is 14.2 Å². The molecule has 0 aliphatic carbocycles. The van der Waals surface area contributed by atoms with Crippen LogP contribution in [0, 0.1) is 6.92 Å². The Balaban J connectivity index is 2.12. The van der Waals surface area contributed by atoms with Gasteiger partial charge >= 0.3 is 0 Å². The molecule has 22 heavy (non-hydrogen) atoms. The van der Waals surface area contributed by atoms with Crippen LogP contribution in [0.2, 0.25) is 0 Å². The second kappa shape index (κ2) is 7.13. The second-order valence-corrected chi connectivity index (χ2v) is 5.04. The number of aromatic nitrogens is 2. The van der Waals surface area contributed by atoms with Crippen molar-refractivity contribution >= 4 is 28.7 Å². The Hall–Kier alpha value is -2.28. The van der Waals surface area contributed by atoms with Crippen molar-refractivity contribution in [1.29, 1.82) is 0 Å². The summed E-state index contributed by atoms with van der Waals surface area (Å²) < 4.78 is 12.4. The van der Waals surface area contributed by atoms with Gasteiger partial charge < -0.3 is 20.1 Å². The quantitative estimate of drug-likeness (QED) is 0.826. The summed E-state index contributed by atoms with van der Waals surface area (Å²) in [5, 5.41) is 11.1. The van der Waals surface area contributed by atoms with Crippen LogP contribution < -0.4 is 20.1 Å². The van der Waals surface area contributed by atoms with Gasteiger partial charge in [-0.25, -0.2) is 0 Å². The molecule has 0 bridgehead atoms. The molecule has 2 aromatic rings. The van der Waals surface area contributed by atoms with Crippen molar-refractivity contribution in [3.63, 3.8) is 0 Å². The summed E-state index contributed by atoms with van der Waals surface area (Å²) in [6.45, 7) is 4.78. The molecule has 0 radical (unpaired) electrons. The smallest absolute Gasteiger partial charge is 0.175 e. The molecule has 1 aromatic carbocycles. The fourth-order valence-corrected chi connectivity index (χ4v) is 2.21. The van der Waals surface area contributed by atoms with Crippen LogP contribution in [-0.4, -0.2) is 29.1 Å². The molecule has 2 rings (SSSR count). The van der Waals surface area contributed by atoms with Crippen molar-refractivity contribution in [2.45, 2.75) is 20.4 Å². The molecule has 0 atom stereocenters. The average Bonchev–Trinajstić information content (AvgIpc) is 2.87. The SMILES string of the molecule is CCn1cc(NC(=S)Nc2cc(OC)ccc2OC)c(C)n1. The summed E-state index contributed by atoms with van der Waals surface area (Å²) >= 11 is 5.35. The Kier molecular flexibility index (Phi) is 5.21. The fraction of sp³-hybridized carbons (Fsp3) is 0.333. The molecule has 118 valence electrons. The molecule has 0 aliphatic rings. The van der Waals surface area contributed by atoms with Gasteiger partial charge in [0.25, 0.3) is 0 Å². The Morgan fingerprint density at radius 1 is 1.23 bits per heavy atom. The molecular weight excluding hydrogens is 300 g/mol. The van der Waals surface area contributed by atoms with Gasteiger partial charge in [0.1, 0.15) is 11.5 Å². The first kappa shape index (κ1) is 16.1. The van der Waals surface area contributed by atoms with Gasteiger partial charge in [-0.05, 0) is 38.2 Å². The normalized spacial score (nSPS) is 10.2. The highest BCUT2D eigenvalue weighted by molar-refractivity contribution is 7.80. The van der Waals surface area contributed by atoms with Crippen LogP contribution in [0.5, 0.6) is 11.5 Å². The number of nitrogens with zero attached hydrogens (tertiary/aromatic N) is 2. The molecule has 2 N–H and O–H groups in total. The lowest BCUT2D eigenvalue weighted by Gasteiger charge is -2.14. The predicted octanol–water partition coefficient (Wildman–Crippen LogP) is 3.04. The van der Waals surface area contributed by atoms with Crippen LogP contribution in [0.3, 0.4) is 0 Å². The van der Waals surface area contributed by atoms with Crippen molar-refractivity contribution in [2.24, 2.45) is 0 Å². The standard InChI is InChI=1S/C15H20N4O2S/c1-5-19-9-13(10(2)18-19)17-15(22)16-12-8-11(20-3)6-7-14(12)21-4/h6-9H,5H2,1-4H3,(H2,16,17,22). The highest BCUT2D eigenvalue weighted by Gasteiger charge is 2.09. The zero-order chi connectivity index (χ0) is 16.1. The van der Waals surface area contributed by atoms with Gasteiger partial charge in [0.15, 0.2) is 5.11 Å². The number of hydrogen-bond donors (Lipinski definition) is 2. The summed E-state index contributed by atoms with van der Waals surface area (Å²) in [5.41, 5.74) is 2.50. The number of benzene rings is 1. The number of hydrogen-bond acceptors (Lipinski definition) is 4. The minimum atomic E-state index is 0.463. The number of nitrogens with one attached hydrogen (secondary N) is 2. The molecule has 0 amide bonds. The number of rotatable bonds is 5. The van der Waals surface area contributed by atoms with Crippen LogP contribution in [0.25, 0.3) is 0 Å². The van der Waals surface area contributed by atoms with E-state index >= 15 is 0 Å². The average molecular weight is 320 g/mol. The van der Waals surface area contributed by atoms with Gasteiger partial charge in [-0.15, -0.1) is 0 Å². The van der Waals surface area contributed by atoms with E-state index in [-0.39, 0.29) is 0 Å². The predicted molar refractivity (Wildman–Crippen MR) is 92.0 cm³/mol. The lowest BCUT2D eigenvalue weighted by molar-refractivity contribution is 0.405. The van der Waals surface area contributed by atoms with E-state index < -0.39 is 0 Å². The molecule has 0 unspecified atom stereocenters. The lowest BCUT2D eigenvalue weighted by atomic mass is 10.2. The molecular formula is C15H20N4O2S. The van der Waals surface area contributed by atoms with Crippen molar-refractivity contribution in [1.82, 2.24) is 9.78 Å². The zero-order valence-electron chi connectivity index (χ0n) is 13.1. The number of thiocarbonyl (C=S) groups is 1. The molecule has 0 fully saturated rings. The van der Waals surface area contributed by atoms with E-state index in [1.165, 1.54) is 0 Å². The lowest BCUT2D eigenvalue weighted by Crippen LogP contribution is -2.19. The van der Waals surface area contributed by atoms with Crippen molar-refractivity contribution < 1.29 is 9.47 Å². The first-order valence-corrected chi connectivity index (χ1v) is 7.32. The summed E-state index contributed by atoms with van der Waals surface area (Å²) in [5.74, 6) is 1.41. The minimum absolute atomic E-state index is 0.463. The monoisotopic (exact) mass is 320 g/mol. The van der Waals surface area contributed by atoms with E-state index in [1.807, 2.05) is 42.9 Å². The van der Waals surface area contributed by atoms with E-state index in [4.69, 9.17) is 21.7 Å². The maximum absolute atomic E-state index is 5.35. The maximum Gasteiger partial charge on any atom is 0.175 e.